The van der Waals surface area contributed by atoms with Gasteiger partial charge in [-0.25, -0.2) is 4.68 Å². The zero-order valence-corrected chi connectivity index (χ0v) is 10.9. The van der Waals surface area contributed by atoms with Gasteiger partial charge in [0, 0.05) is 18.9 Å². The number of rotatable bonds is 5. The molecule has 0 aliphatic rings. The smallest absolute Gasteiger partial charge is 0.237 e. The minimum absolute atomic E-state index is 0.127. The molecule has 0 unspecified atom stereocenters. The molecule has 0 fully saturated rings. The summed E-state index contributed by atoms with van der Waals surface area (Å²) in [6.45, 7) is 2.34. The van der Waals surface area contributed by atoms with Crippen molar-refractivity contribution in [3.8, 4) is 5.69 Å². The van der Waals surface area contributed by atoms with Gasteiger partial charge in [-0.1, -0.05) is 25.1 Å². The third-order valence-corrected chi connectivity index (χ3v) is 2.97. The van der Waals surface area contributed by atoms with Crippen molar-refractivity contribution in [2.75, 3.05) is 0 Å². The fourth-order valence-corrected chi connectivity index (χ4v) is 1.79. The van der Waals surface area contributed by atoms with Crippen molar-refractivity contribution in [2.45, 2.75) is 25.9 Å². The van der Waals surface area contributed by atoms with Crippen molar-refractivity contribution < 1.29 is 4.79 Å². The number of nitrogens with two attached hydrogens (primary N) is 1. The fourth-order valence-electron chi connectivity index (χ4n) is 1.79. The molecule has 5 heteroatoms. The van der Waals surface area contributed by atoms with E-state index in [1.807, 2.05) is 43.5 Å². The first-order valence-electron chi connectivity index (χ1n) is 6.33. The van der Waals surface area contributed by atoms with Gasteiger partial charge in [0.05, 0.1) is 11.7 Å². The molecule has 0 aliphatic heterocycles. The third kappa shape index (κ3) is 3.20. The highest BCUT2D eigenvalue weighted by Crippen LogP contribution is 2.13. The largest absolute Gasteiger partial charge is 0.351 e. The van der Waals surface area contributed by atoms with Crippen LogP contribution in [0.1, 0.15) is 18.9 Å². The topological polar surface area (TPSA) is 72.9 Å². The Hall–Kier alpha value is -2.14. The Bertz CT molecular complexity index is 536. The Morgan fingerprint density at radius 2 is 2.21 bits per heavy atom. The maximum Gasteiger partial charge on any atom is 0.237 e. The van der Waals surface area contributed by atoms with Crippen molar-refractivity contribution in [2.24, 2.45) is 5.73 Å². The van der Waals surface area contributed by atoms with E-state index in [0.717, 1.165) is 11.3 Å². The van der Waals surface area contributed by atoms with Crippen LogP contribution >= 0.6 is 0 Å². The number of hydrogen-bond acceptors (Lipinski definition) is 3. The number of aromatic nitrogens is 2. The van der Waals surface area contributed by atoms with E-state index in [4.69, 9.17) is 5.73 Å². The number of carbonyl (C=O) groups excluding carboxylic acids is 1. The van der Waals surface area contributed by atoms with Crippen molar-refractivity contribution in [1.29, 1.82) is 0 Å². The molecule has 100 valence electrons. The summed E-state index contributed by atoms with van der Waals surface area (Å²) in [4.78, 5) is 11.7. The van der Waals surface area contributed by atoms with Gasteiger partial charge in [-0.2, -0.15) is 5.10 Å². The molecule has 5 nitrogen and oxygen atoms in total. The van der Waals surface area contributed by atoms with Crippen molar-refractivity contribution >= 4 is 5.91 Å². The SMILES string of the molecule is CC[C@H](N)C(=O)NCc1ccccc1-n1cccn1. The van der Waals surface area contributed by atoms with Gasteiger partial charge in [0.1, 0.15) is 0 Å². The number of nitrogens with one attached hydrogen (secondary N) is 1. The average Bonchev–Trinajstić information content (AvgIpc) is 2.98. The van der Waals surface area contributed by atoms with Gasteiger partial charge in [-0.15, -0.1) is 0 Å². The number of amides is 1. The van der Waals surface area contributed by atoms with E-state index in [1.54, 1.807) is 10.9 Å². The van der Waals surface area contributed by atoms with Crippen LogP contribution in [0.15, 0.2) is 42.7 Å². The quantitative estimate of drug-likeness (QED) is 0.847. The highest BCUT2D eigenvalue weighted by atomic mass is 16.2. The molecule has 19 heavy (non-hydrogen) atoms. The van der Waals surface area contributed by atoms with Gasteiger partial charge in [0.15, 0.2) is 0 Å². The lowest BCUT2D eigenvalue weighted by atomic mass is 10.1. The molecule has 0 radical (unpaired) electrons. The van der Waals surface area contributed by atoms with E-state index >= 15 is 0 Å². The van der Waals surface area contributed by atoms with Crippen LogP contribution in [-0.2, 0) is 11.3 Å². The summed E-state index contributed by atoms with van der Waals surface area (Å²) in [5.74, 6) is -0.127. The molecule has 1 aromatic heterocycles. The van der Waals surface area contributed by atoms with E-state index < -0.39 is 6.04 Å². The molecule has 1 atom stereocenters. The average molecular weight is 258 g/mol. The normalized spacial score (nSPS) is 12.1. The summed E-state index contributed by atoms with van der Waals surface area (Å²) in [6, 6.07) is 9.23. The van der Waals surface area contributed by atoms with Crippen LogP contribution in [0, 0.1) is 0 Å². The van der Waals surface area contributed by atoms with Crippen LogP contribution in [0.5, 0.6) is 0 Å². The van der Waals surface area contributed by atoms with Crippen molar-refractivity contribution in [3.05, 3.63) is 48.3 Å². The lowest BCUT2D eigenvalue weighted by Gasteiger charge is -2.13. The second-order valence-electron chi connectivity index (χ2n) is 4.31. The molecule has 0 saturated carbocycles. The Labute approximate surface area is 112 Å². The Kier molecular flexibility index (Phi) is 4.30. The first kappa shape index (κ1) is 13.3. The molecular weight excluding hydrogens is 240 g/mol. The van der Waals surface area contributed by atoms with Gasteiger partial charge in [0.2, 0.25) is 5.91 Å². The van der Waals surface area contributed by atoms with E-state index in [9.17, 15) is 4.79 Å². The van der Waals surface area contributed by atoms with E-state index in [0.29, 0.717) is 13.0 Å². The number of carbonyl (C=O) groups is 1. The van der Waals surface area contributed by atoms with Crippen LogP contribution in [0.2, 0.25) is 0 Å². The summed E-state index contributed by atoms with van der Waals surface area (Å²) >= 11 is 0. The molecule has 1 amide bonds. The molecular formula is C14H18N4O. The van der Waals surface area contributed by atoms with Gasteiger partial charge in [-0.3, -0.25) is 4.79 Å². The van der Waals surface area contributed by atoms with E-state index in [1.165, 1.54) is 0 Å². The zero-order valence-electron chi connectivity index (χ0n) is 10.9. The Balaban J connectivity index is 2.11. The monoisotopic (exact) mass is 258 g/mol. The minimum atomic E-state index is -0.447. The minimum Gasteiger partial charge on any atom is -0.351 e. The van der Waals surface area contributed by atoms with Crippen LogP contribution in [0.4, 0.5) is 0 Å². The van der Waals surface area contributed by atoms with Crippen LogP contribution < -0.4 is 11.1 Å². The summed E-state index contributed by atoms with van der Waals surface area (Å²) in [6.07, 6.45) is 4.23. The first-order valence-corrected chi connectivity index (χ1v) is 6.33. The first-order chi connectivity index (χ1) is 9.22. The zero-order chi connectivity index (χ0) is 13.7. The molecule has 1 aromatic carbocycles. The van der Waals surface area contributed by atoms with Gasteiger partial charge < -0.3 is 11.1 Å². The molecule has 0 aliphatic carbocycles. The number of para-hydroxylation sites is 1. The standard InChI is InChI=1S/C14H18N4O/c1-2-12(15)14(19)16-10-11-6-3-4-7-13(11)18-9-5-8-17-18/h3-9,12H,2,10,15H2,1H3,(H,16,19)/t12-/m0/s1. The highest BCUT2D eigenvalue weighted by molar-refractivity contribution is 5.81. The number of hydrogen-bond donors (Lipinski definition) is 2. The maximum atomic E-state index is 11.7. The van der Waals surface area contributed by atoms with Gasteiger partial charge >= 0.3 is 0 Å². The second-order valence-corrected chi connectivity index (χ2v) is 4.31. The predicted octanol–water partition coefficient (Wildman–Crippen LogP) is 1.23. The molecule has 0 bridgehead atoms. The summed E-state index contributed by atoms with van der Waals surface area (Å²) in [7, 11) is 0. The highest BCUT2D eigenvalue weighted by Gasteiger charge is 2.11. The molecule has 2 rings (SSSR count). The van der Waals surface area contributed by atoms with Crippen LogP contribution in [-0.4, -0.2) is 21.7 Å². The fraction of sp³-hybridized carbons (Fsp3) is 0.286. The van der Waals surface area contributed by atoms with Crippen molar-refractivity contribution in [3.63, 3.8) is 0 Å². The summed E-state index contributed by atoms with van der Waals surface area (Å²) < 4.78 is 1.78. The second kappa shape index (κ2) is 6.15. The lowest BCUT2D eigenvalue weighted by molar-refractivity contribution is -0.122. The van der Waals surface area contributed by atoms with E-state index in [2.05, 4.69) is 10.4 Å². The Morgan fingerprint density at radius 1 is 1.42 bits per heavy atom. The van der Waals surface area contributed by atoms with Gasteiger partial charge in [0.25, 0.3) is 0 Å². The lowest BCUT2D eigenvalue weighted by Crippen LogP contribution is -2.39. The van der Waals surface area contributed by atoms with Crippen LogP contribution in [0.3, 0.4) is 0 Å². The molecule has 0 spiro atoms. The Morgan fingerprint density at radius 3 is 2.89 bits per heavy atom. The summed E-state index contributed by atoms with van der Waals surface area (Å²) in [5.41, 5.74) is 7.64. The summed E-state index contributed by atoms with van der Waals surface area (Å²) in [5, 5.41) is 7.05. The molecule has 2 aromatic rings. The third-order valence-electron chi connectivity index (χ3n) is 2.97. The maximum absolute atomic E-state index is 11.7. The molecule has 1 heterocycles. The number of nitrogens with zero attached hydrogens (tertiary/aromatic N) is 2. The van der Waals surface area contributed by atoms with Gasteiger partial charge in [-0.05, 0) is 24.1 Å². The predicted molar refractivity (Wildman–Crippen MR) is 73.7 cm³/mol. The molecule has 3 N–H and O–H groups in total. The number of benzene rings is 1. The van der Waals surface area contributed by atoms with Crippen molar-refractivity contribution in [1.82, 2.24) is 15.1 Å². The van der Waals surface area contributed by atoms with E-state index in [-0.39, 0.29) is 5.91 Å². The molecule has 0 saturated heterocycles. The van der Waals surface area contributed by atoms with Crippen LogP contribution in [0.25, 0.3) is 5.69 Å².